The second-order valence-corrected chi connectivity index (χ2v) is 6.42. The molecule has 0 heterocycles. The second-order valence-electron chi connectivity index (χ2n) is 6.42. The molecule has 114 valence electrons. The molecule has 0 saturated heterocycles. The number of hydrogen-bond acceptors (Lipinski definition) is 0. The van der Waals surface area contributed by atoms with E-state index in [0.717, 1.165) is 5.92 Å². The zero-order chi connectivity index (χ0) is 15.4. The minimum absolute atomic E-state index is 0.800. The fourth-order valence-corrected chi connectivity index (χ4v) is 3.56. The van der Waals surface area contributed by atoms with E-state index in [2.05, 4.69) is 68.4 Å². The maximum Gasteiger partial charge on any atom is -0.0145 e. The van der Waals surface area contributed by atoms with E-state index >= 15 is 0 Å². The average Bonchev–Trinajstić information content (AvgIpc) is 2.57. The molecule has 22 heavy (non-hydrogen) atoms. The predicted molar refractivity (Wildman–Crippen MR) is 98.5 cm³/mol. The third-order valence-corrected chi connectivity index (χ3v) is 4.92. The Kier molecular flexibility index (Phi) is 4.77. The van der Waals surface area contributed by atoms with Crippen LogP contribution in [-0.2, 0) is 6.42 Å². The molecule has 0 radical (unpaired) electrons. The van der Waals surface area contributed by atoms with Gasteiger partial charge in [-0.05, 0) is 45.5 Å². The van der Waals surface area contributed by atoms with Gasteiger partial charge in [0.05, 0.1) is 0 Å². The molecule has 0 bridgehead atoms. The van der Waals surface area contributed by atoms with E-state index in [4.69, 9.17) is 0 Å². The molecule has 0 saturated carbocycles. The zero-order valence-corrected chi connectivity index (χ0v) is 13.8. The summed E-state index contributed by atoms with van der Waals surface area (Å²) in [4.78, 5) is 0. The van der Waals surface area contributed by atoms with Gasteiger partial charge in [-0.25, -0.2) is 0 Å². The van der Waals surface area contributed by atoms with Gasteiger partial charge >= 0.3 is 0 Å². The van der Waals surface area contributed by atoms with Gasteiger partial charge in [0, 0.05) is 0 Å². The average molecular weight is 290 g/mol. The number of benzene rings is 3. The van der Waals surface area contributed by atoms with Crippen LogP contribution in [0.15, 0.2) is 54.6 Å². The van der Waals surface area contributed by atoms with E-state index in [9.17, 15) is 0 Å². The van der Waals surface area contributed by atoms with Crippen LogP contribution < -0.4 is 0 Å². The van der Waals surface area contributed by atoms with Crippen LogP contribution in [0.2, 0.25) is 0 Å². The Bertz CT molecular complexity index is 700. The first kappa shape index (κ1) is 15.1. The van der Waals surface area contributed by atoms with E-state index in [1.165, 1.54) is 53.6 Å². The second kappa shape index (κ2) is 6.96. The van der Waals surface area contributed by atoms with Crippen molar-refractivity contribution in [3.05, 3.63) is 60.2 Å². The summed E-state index contributed by atoms with van der Waals surface area (Å²) >= 11 is 0. The topological polar surface area (TPSA) is 0 Å². The van der Waals surface area contributed by atoms with E-state index in [0.29, 0.717) is 0 Å². The SMILES string of the molecule is CCCCC(CC)Cc1c2ccccc2cc2ccccc12. The Labute approximate surface area is 134 Å². The van der Waals surface area contributed by atoms with Crippen molar-refractivity contribution < 1.29 is 0 Å². The van der Waals surface area contributed by atoms with Gasteiger partial charge < -0.3 is 0 Å². The first-order chi connectivity index (χ1) is 10.8. The van der Waals surface area contributed by atoms with Crippen molar-refractivity contribution in [1.29, 1.82) is 0 Å². The van der Waals surface area contributed by atoms with Crippen LogP contribution in [0.5, 0.6) is 0 Å². The third-order valence-electron chi connectivity index (χ3n) is 4.92. The van der Waals surface area contributed by atoms with Crippen molar-refractivity contribution >= 4 is 21.5 Å². The number of unbranched alkanes of at least 4 members (excludes halogenated alkanes) is 1. The van der Waals surface area contributed by atoms with Crippen molar-refractivity contribution in [1.82, 2.24) is 0 Å². The standard InChI is InChI=1S/C22H26/c1-3-5-10-17(4-2)15-22-20-13-8-6-11-18(20)16-19-12-7-9-14-21(19)22/h6-9,11-14,16-17H,3-5,10,15H2,1-2H3. The highest BCUT2D eigenvalue weighted by molar-refractivity contribution is 6.02. The summed E-state index contributed by atoms with van der Waals surface area (Å²) in [5, 5.41) is 5.63. The molecular formula is C22H26. The predicted octanol–water partition coefficient (Wildman–Crippen LogP) is 6.75. The molecule has 0 heteroatoms. The van der Waals surface area contributed by atoms with Crippen LogP contribution in [0.1, 0.15) is 45.1 Å². The van der Waals surface area contributed by atoms with Crippen LogP contribution in [-0.4, -0.2) is 0 Å². The van der Waals surface area contributed by atoms with E-state index < -0.39 is 0 Å². The summed E-state index contributed by atoms with van der Waals surface area (Å²) in [7, 11) is 0. The van der Waals surface area contributed by atoms with Gasteiger partial charge in [0.15, 0.2) is 0 Å². The lowest BCUT2D eigenvalue weighted by Gasteiger charge is -2.18. The quantitative estimate of drug-likeness (QED) is 0.440. The van der Waals surface area contributed by atoms with Gasteiger partial charge in [-0.1, -0.05) is 88.1 Å². The highest BCUT2D eigenvalue weighted by Crippen LogP contribution is 2.31. The maximum absolute atomic E-state index is 2.34. The summed E-state index contributed by atoms with van der Waals surface area (Å²) in [5.41, 5.74) is 1.55. The molecule has 0 aliphatic heterocycles. The van der Waals surface area contributed by atoms with Crippen molar-refractivity contribution in [2.75, 3.05) is 0 Å². The van der Waals surface area contributed by atoms with E-state index in [1.807, 2.05) is 0 Å². The molecule has 0 amide bonds. The number of fused-ring (bicyclic) bond motifs is 2. The van der Waals surface area contributed by atoms with Crippen molar-refractivity contribution in [2.45, 2.75) is 46.0 Å². The monoisotopic (exact) mass is 290 g/mol. The molecule has 0 N–H and O–H groups in total. The van der Waals surface area contributed by atoms with Crippen LogP contribution >= 0.6 is 0 Å². The minimum atomic E-state index is 0.800. The fourth-order valence-electron chi connectivity index (χ4n) is 3.56. The first-order valence-corrected chi connectivity index (χ1v) is 8.72. The molecule has 1 unspecified atom stereocenters. The maximum atomic E-state index is 2.34. The molecule has 0 spiro atoms. The van der Waals surface area contributed by atoms with Gasteiger partial charge in [0.2, 0.25) is 0 Å². The van der Waals surface area contributed by atoms with Crippen LogP contribution in [0, 0.1) is 5.92 Å². The highest BCUT2D eigenvalue weighted by atomic mass is 14.2. The first-order valence-electron chi connectivity index (χ1n) is 8.72. The lowest BCUT2D eigenvalue weighted by Crippen LogP contribution is -2.04. The Morgan fingerprint density at radius 1 is 0.818 bits per heavy atom. The number of hydrogen-bond donors (Lipinski definition) is 0. The summed E-state index contributed by atoms with van der Waals surface area (Å²) < 4.78 is 0. The van der Waals surface area contributed by atoms with Gasteiger partial charge in [0.25, 0.3) is 0 Å². The van der Waals surface area contributed by atoms with E-state index in [-0.39, 0.29) is 0 Å². The molecular weight excluding hydrogens is 264 g/mol. The molecule has 3 aromatic rings. The zero-order valence-electron chi connectivity index (χ0n) is 13.8. The smallest absolute Gasteiger partial charge is 0.0145 e. The molecule has 1 atom stereocenters. The Morgan fingerprint density at radius 2 is 1.41 bits per heavy atom. The molecule has 0 nitrogen and oxygen atoms in total. The van der Waals surface area contributed by atoms with Crippen molar-refractivity contribution in [3.63, 3.8) is 0 Å². The van der Waals surface area contributed by atoms with Gasteiger partial charge in [-0.2, -0.15) is 0 Å². The van der Waals surface area contributed by atoms with Gasteiger partial charge in [-0.15, -0.1) is 0 Å². The van der Waals surface area contributed by atoms with Crippen LogP contribution in [0.3, 0.4) is 0 Å². The normalized spacial score (nSPS) is 12.8. The highest BCUT2D eigenvalue weighted by Gasteiger charge is 2.12. The lowest BCUT2D eigenvalue weighted by molar-refractivity contribution is 0.451. The molecule has 0 aliphatic carbocycles. The summed E-state index contributed by atoms with van der Waals surface area (Å²) in [5.74, 6) is 0.800. The minimum Gasteiger partial charge on any atom is -0.0654 e. The third kappa shape index (κ3) is 3.02. The van der Waals surface area contributed by atoms with E-state index in [1.54, 1.807) is 5.56 Å². The van der Waals surface area contributed by atoms with Crippen LogP contribution in [0.25, 0.3) is 21.5 Å². The van der Waals surface area contributed by atoms with Gasteiger partial charge in [0.1, 0.15) is 0 Å². The molecule has 0 aromatic heterocycles. The van der Waals surface area contributed by atoms with Crippen molar-refractivity contribution in [3.8, 4) is 0 Å². The summed E-state index contributed by atoms with van der Waals surface area (Å²) in [6.07, 6.45) is 6.48. The lowest BCUT2D eigenvalue weighted by atomic mass is 9.87. The van der Waals surface area contributed by atoms with Gasteiger partial charge in [-0.3, -0.25) is 0 Å². The van der Waals surface area contributed by atoms with Crippen LogP contribution in [0.4, 0.5) is 0 Å². The fraction of sp³-hybridized carbons (Fsp3) is 0.364. The largest absolute Gasteiger partial charge is 0.0654 e. The Hall–Kier alpha value is -1.82. The Morgan fingerprint density at radius 3 is 1.95 bits per heavy atom. The number of rotatable bonds is 6. The van der Waals surface area contributed by atoms with Crippen molar-refractivity contribution in [2.24, 2.45) is 5.92 Å². The molecule has 0 aliphatic rings. The Balaban J connectivity index is 2.11. The summed E-state index contributed by atoms with van der Waals surface area (Å²) in [6, 6.07) is 20.1. The molecule has 3 aromatic carbocycles. The molecule has 3 rings (SSSR count). The molecule has 0 fully saturated rings. The summed E-state index contributed by atoms with van der Waals surface area (Å²) in [6.45, 7) is 4.63.